The number of hydrogen-bond acceptors (Lipinski definition) is 4. The minimum Gasteiger partial charge on any atom is -0.326 e. The van der Waals surface area contributed by atoms with Gasteiger partial charge in [0.15, 0.2) is 0 Å². The summed E-state index contributed by atoms with van der Waals surface area (Å²) in [6.07, 6.45) is 11.7. The first-order chi connectivity index (χ1) is 10.3. The van der Waals surface area contributed by atoms with Crippen LogP contribution in [0.5, 0.6) is 0 Å². The van der Waals surface area contributed by atoms with E-state index < -0.39 is 0 Å². The first kappa shape index (κ1) is 15.0. The second kappa shape index (κ2) is 6.44. The Morgan fingerprint density at radius 1 is 1.19 bits per heavy atom. The molecular weight excluding hydrogens is 262 g/mol. The van der Waals surface area contributed by atoms with Crippen LogP contribution in [0.2, 0.25) is 0 Å². The molecule has 21 heavy (non-hydrogen) atoms. The second-order valence-electron chi connectivity index (χ2n) is 6.66. The van der Waals surface area contributed by atoms with Crippen LogP contribution in [0, 0.1) is 0 Å². The van der Waals surface area contributed by atoms with Crippen LogP contribution < -0.4 is 5.73 Å². The molecule has 2 heterocycles. The van der Waals surface area contributed by atoms with Gasteiger partial charge in [-0.2, -0.15) is 5.10 Å². The highest BCUT2D eigenvalue weighted by Gasteiger charge is 2.44. The van der Waals surface area contributed by atoms with E-state index in [1.165, 1.54) is 58.0 Å². The molecule has 1 aromatic heterocycles. The zero-order valence-corrected chi connectivity index (χ0v) is 13.3. The van der Waals surface area contributed by atoms with E-state index in [1.807, 2.05) is 4.68 Å². The van der Waals surface area contributed by atoms with E-state index in [4.69, 9.17) is 5.73 Å². The maximum atomic E-state index is 6.74. The SMILES string of the molecule is CCn1ncnc1CC(N)C1(N2CCCCC2)CCCC1. The quantitative estimate of drug-likeness (QED) is 0.901. The Morgan fingerprint density at radius 3 is 2.57 bits per heavy atom. The van der Waals surface area contributed by atoms with Crippen molar-refractivity contribution in [1.29, 1.82) is 0 Å². The van der Waals surface area contributed by atoms with Crippen LogP contribution >= 0.6 is 0 Å². The zero-order chi connectivity index (χ0) is 14.7. The third-order valence-electron chi connectivity index (χ3n) is 5.54. The van der Waals surface area contributed by atoms with E-state index in [0.29, 0.717) is 0 Å². The Morgan fingerprint density at radius 2 is 1.90 bits per heavy atom. The molecule has 118 valence electrons. The molecule has 0 spiro atoms. The lowest BCUT2D eigenvalue weighted by Crippen LogP contribution is -2.60. The fourth-order valence-electron chi connectivity index (χ4n) is 4.35. The van der Waals surface area contributed by atoms with Gasteiger partial charge in [-0.1, -0.05) is 19.3 Å². The number of rotatable bonds is 5. The van der Waals surface area contributed by atoms with Crippen molar-refractivity contribution in [1.82, 2.24) is 19.7 Å². The van der Waals surface area contributed by atoms with Gasteiger partial charge in [-0.15, -0.1) is 0 Å². The molecule has 5 nitrogen and oxygen atoms in total. The highest BCUT2D eigenvalue weighted by atomic mass is 15.3. The zero-order valence-electron chi connectivity index (χ0n) is 13.3. The van der Waals surface area contributed by atoms with Gasteiger partial charge in [-0.3, -0.25) is 9.58 Å². The molecule has 1 aliphatic heterocycles. The van der Waals surface area contributed by atoms with Gasteiger partial charge in [0.05, 0.1) is 0 Å². The number of aromatic nitrogens is 3. The lowest BCUT2D eigenvalue weighted by Gasteiger charge is -2.47. The molecule has 1 aliphatic carbocycles. The Hall–Kier alpha value is -0.940. The van der Waals surface area contributed by atoms with Crippen molar-refractivity contribution >= 4 is 0 Å². The smallest absolute Gasteiger partial charge is 0.138 e. The standard InChI is InChI=1S/C16H29N5/c1-2-21-15(18-13-19-21)12-14(17)16(8-4-5-9-16)20-10-6-3-7-11-20/h13-14H,2-12,17H2,1H3. The molecular formula is C16H29N5. The summed E-state index contributed by atoms with van der Waals surface area (Å²) in [5.74, 6) is 1.05. The Bertz CT molecular complexity index is 443. The van der Waals surface area contributed by atoms with Crippen LogP contribution in [0.1, 0.15) is 57.7 Å². The van der Waals surface area contributed by atoms with Gasteiger partial charge in [-0.25, -0.2) is 4.98 Å². The van der Waals surface area contributed by atoms with Crippen molar-refractivity contribution in [2.45, 2.75) is 76.4 Å². The Kier molecular flexibility index (Phi) is 4.60. The number of likely N-dealkylation sites (tertiary alicyclic amines) is 1. The van der Waals surface area contributed by atoms with Crippen LogP contribution in [-0.4, -0.2) is 44.3 Å². The summed E-state index contributed by atoms with van der Waals surface area (Å²) >= 11 is 0. The van der Waals surface area contributed by atoms with Crippen LogP contribution in [0.25, 0.3) is 0 Å². The molecule has 3 rings (SSSR count). The molecule has 1 saturated heterocycles. The van der Waals surface area contributed by atoms with Crippen LogP contribution in [0.3, 0.4) is 0 Å². The topological polar surface area (TPSA) is 60.0 Å². The van der Waals surface area contributed by atoms with Crippen LogP contribution in [-0.2, 0) is 13.0 Å². The molecule has 5 heteroatoms. The van der Waals surface area contributed by atoms with Gasteiger partial charge in [0.2, 0.25) is 0 Å². The third kappa shape index (κ3) is 2.86. The van der Waals surface area contributed by atoms with Gasteiger partial charge in [0.1, 0.15) is 12.2 Å². The maximum Gasteiger partial charge on any atom is 0.138 e. The number of nitrogens with zero attached hydrogens (tertiary/aromatic N) is 4. The van der Waals surface area contributed by atoms with Crippen LogP contribution in [0.15, 0.2) is 6.33 Å². The normalized spacial score (nSPS) is 24.3. The maximum absolute atomic E-state index is 6.74. The molecule has 0 radical (unpaired) electrons. The van der Waals surface area contributed by atoms with Gasteiger partial charge in [0, 0.05) is 24.5 Å². The average Bonchev–Trinajstić information content (AvgIpc) is 3.17. The summed E-state index contributed by atoms with van der Waals surface area (Å²) in [7, 11) is 0. The lowest BCUT2D eigenvalue weighted by molar-refractivity contribution is 0.0474. The molecule has 1 saturated carbocycles. The van der Waals surface area contributed by atoms with Crippen LogP contribution in [0.4, 0.5) is 0 Å². The highest BCUT2D eigenvalue weighted by Crippen LogP contribution is 2.39. The number of hydrogen-bond donors (Lipinski definition) is 1. The molecule has 2 fully saturated rings. The van der Waals surface area contributed by atoms with Crippen molar-refractivity contribution in [2.75, 3.05) is 13.1 Å². The number of piperidine rings is 1. The van der Waals surface area contributed by atoms with Crippen molar-refractivity contribution in [3.05, 3.63) is 12.2 Å². The first-order valence-electron chi connectivity index (χ1n) is 8.63. The molecule has 0 aromatic carbocycles. The monoisotopic (exact) mass is 291 g/mol. The summed E-state index contributed by atoms with van der Waals surface area (Å²) in [5.41, 5.74) is 6.95. The van der Waals surface area contributed by atoms with E-state index in [-0.39, 0.29) is 11.6 Å². The lowest BCUT2D eigenvalue weighted by atomic mass is 9.83. The Balaban J connectivity index is 1.76. The van der Waals surface area contributed by atoms with Crippen molar-refractivity contribution in [3.8, 4) is 0 Å². The average molecular weight is 291 g/mol. The van der Waals surface area contributed by atoms with Crippen molar-refractivity contribution in [3.63, 3.8) is 0 Å². The molecule has 0 bridgehead atoms. The Labute approximate surface area is 127 Å². The fraction of sp³-hybridized carbons (Fsp3) is 0.875. The summed E-state index contributed by atoms with van der Waals surface area (Å²) in [5, 5.41) is 4.29. The molecule has 1 aromatic rings. The van der Waals surface area contributed by atoms with Crippen molar-refractivity contribution in [2.24, 2.45) is 5.73 Å². The van der Waals surface area contributed by atoms with E-state index in [1.54, 1.807) is 6.33 Å². The second-order valence-corrected chi connectivity index (χ2v) is 6.66. The molecule has 2 N–H and O–H groups in total. The molecule has 1 atom stereocenters. The third-order valence-corrected chi connectivity index (χ3v) is 5.54. The summed E-state index contributed by atoms with van der Waals surface area (Å²) < 4.78 is 1.98. The van der Waals surface area contributed by atoms with Gasteiger partial charge < -0.3 is 5.73 Å². The summed E-state index contributed by atoms with van der Waals surface area (Å²) in [6, 6.07) is 0.174. The summed E-state index contributed by atoms with van der Waals surface area (Å²) in [6.45, 7) is 5.45. The van der Waals surface area contributed by atoms with Gasteiger partial charge >= 0.3 is 0 Å². The minimum absolute atomic E-state index is 0.174. The predicted octanol–water partition coefficient (Wildman–Crippen LogP) is 1.97. The van der Waals surface area contributed by atoms with E-state index in [0.717, 1.165) is 18.8 Å². The number of aryl methyl sites for hydroxylation is 1. The first-order valence-corrected chi connectivity index (χ1v) is 8.63. The van der Waals surface area contributed by atoms with E-state index in [2.05, 4.69) is 21.9 Å². The van der Waals surface area contributed by atoms with E-state index >= 15 is 0 Å². The molecule has 0 amide bonds. The molecule has 1 unspecified atom stereocenters. The number of nitrogens with two attached hydrogens (primary N) is 1. The van der Waals surface area contributed by atoms with Gasteiger partial charge in [-0.05, 0) is 45.7 Å². The van der Waals surface area contributed by atoms with Gasteiger partial charge in [0.25, 0.3) is 0 Å². The largest absolute Gasteiger partial charge is 0.326 e. The van der Waals surface area contributed by atoms with E-state index in [9.17, 15) is 0 Å². The van der Waals surface area contributed by atoms with Crippen molar-refractivity contribution < 1.29 is 0 Å². The summed E-state index contributed by atoms with van der Waals surface area (Å²) in [4.78, 5) is 7.14. The predicted molar refractivity (Wildman–Crippen MR) is 84.0 cm³/mol. The fourth-order valence-corrected chi connectivity index (χ4v) is 4.35. The molecule has 2 aliphatic rings. The minimum atomic E-state index is 0.174. The highest BCUT2D eigenvalue weighted by molar-refractivity contribution is 5.06.